The second-order valence-corrected chi connectivity index (χ2v) is 5.74. The highest BCUT2D eigenvalue weighted by Gasteiger charge is 2.12. The average molecular weight is 305 g/mol. The summed E-state index contributed by atoms with van der Waals surface area (Å²) >= 11 is 5.72. The molecule has 0 aliphatic heterocycles. The lowest BCUT2D eigenvalue weighted by molar-refractivity contribution is -0.115. The first kappa shape index (κ1) is 15.5. The number of hydrogen-bond acceptors (Lipinski definition) is 3. The summed E-state index contributed by atoms with van der Waals surface area (Å²) < 4.78 is 30.3. The molecular formula is C11H13ClN2O4S. The highest BCUT2D eigenvalue weighted by Crippen LogP contribution is 2.21. The lowest BCUT2D eigenvalue weighted by Crippen LogP contribution is -2.06. The zero-order valence-electron chi connectivity index (χ0n) is 10.3. The van der Waals surface area contributed by atoms with E-state index in [-0.39, 0.29) is 5.03 Å². The summed E-state index contributed by atoms with van der Waals surface area (Å²) in [7, 11) is -0.801. The van der Waals surface area contributed by atoms with Crippen LogP contribution in [0.15, 0.2) is 29.3 Å². The Labute approximate surface area is 115 Å². The van der Waals surface area contributed by atoms with E-state index < -0.39 is 10.1 Å². The van der Waals surface area contributed by atoms with E-state index in [0.717, 1.165) is 6.41 Å². The molecule has 0 aliphatic rings. The van der Waals surface area contributed by atoms with Crippen LogP contribution in [0.1, 0.15) is 0 Å². The van der Waals surface area contributed by atoms with Crippen molar-refractivity contribution >= 4 is 39.0 Å². The molecule has 0 bridgehead atoms. The molecule has 8 heteroatoms. The third kappa shape index (κ3) is 4.55. The van der Waals surface area contributed by atoms with Crippen molar-refractivity contribution in [3.63, 3.8) is 0 Å². The molecule has 0 saturated carbocycles. The maximum absolute atomic E-state index is 10.8. The number of aromatic amines is 1. The summed E-state index contributed by atoms with van der Waals surface area (Å²) in [6.07, 6.45) is 0.750. The number of carbonyl (C=O) groups is 1. The molecule has 0 atom stereocenters. The van der Waals surface area contributed by atoms with Crippen LogP contribution in [-0.4, -0.2) is 43.4 Å². The maximum atomic E-state index is 10.8. The molecule has 0 saturated heterocycles. The molecule has 2 rings (SSSR count). The predicted molar refractivity (Wildman–Crippen MR) is 72.9 cm³/mol. The molecule has 1 amide bonds. The molecule has 0 unspecified atom stereocenters. The monoisotopic (exact) mass is 304 g/mol. The second kappa shape index (κ2) is 6.05. The Morgan fingerprint density at radius 2 is 1.89 bits per heavy atom. The standard InChI is InChI=1S/C8H6ClNO3S.C3H7NO/c9-6-1-2-7-5(3-6)4-8(10-7)14(11,12)13;1-4(2)3-5/h1-4,10H,(H,11,12,13);3H,1-2H3. The third-order valence-corrected chi connectivity index (χ3v) is 3.06. The molecule has 0 spiro atoms. The second-order valence-electron chi connectivity index (χ2n) is 3.91. The number of nitrogens with one attached hydrogen (secondary N) is 1. The fourth-order valence-corrected chi connectivity index (χ4v) is 1.91. The summed E-state index contributed by atoms with van der Waals surface area (Å²) in [5.41, 5.74) is 0.613. The van der Waals surface area contributed by atoms with Crippen LogP contribution in [0.5, 0.6) is 0 Å². The van der Waals surface area contributed by atoms with Crippen molar-refractivity contribution in [2.24, 2.45) is 0 Å². The summed E-state index contributed by atoms with van der Waals surface area (Å²) in [5.74, 6) is 0. The number of carbonyl (C=O) groups excluding carboxylic acids is 1. The summed E-state index contributed by atoms with van der Waals surface area (Å²) in [4.78, 5) is 13.4. The number of rotatable bonds is 2. The van der Waals surface area contributed by atoms with Gasteiger partial charge >= 0.3 is 10.1 Å². The molecule has 2 N–H and O–H groups in total. The molecule has 104 valence electrons. The molecule has 1 aromatic heterocycles. The van der Waals surface area contributed by atoms with Crippen molar-refractivity contribution in [1.82, 2.24) is 9.88 Å². The smallest absolute Gasteiger partial charge is 0.310 e. The van der Waals surface area contributed by atoms with Gasteiger partial charge in [0.05, 0.1) is 0 Å². The van der Waals surface area contributed by atoms with Crippen molar-refractivity contribution < 1.29 is 17.8 Å². The Kier molecular flexibility index (Phi) is 4.93. The molecule has 2 aromatic rings. The van der Waals surface area contributed by atoms with Gasteiger partial charge in [-0.25, -0.2) is 0 Å². The molecule has 0 fully saturated rings. The number of amides is 1. The number of aromatic nitrogens is 1. The Morgan fingerprint density at radius 1 is 1.32 bits per heavy atom. The lowest BCUT2D eigenvalue weighted by atomic mass is 10.2. The molecule has 0 aliphatic carbocycles. The van der Waals surface area contributed by atoms with Crippen molar-refractivity contribution in [1.29, 1.82) is 0 Å². The van der Waals surface area contributed by atoms with Gasteiger partial charge in [0.1, 0.15) is 0 Å². The summed E-state index contributed by atoms with van der Waals surface area (Å²) in [6, 6.07) is 6.22. The minimum atomic E-state index is -4.18. The zero-order valence-corrected chi connectivity index (χ0v) is 11.9. The largest absolute Gasteiger partial charge is 0.351 e. The van der Waals surface area contributed by atoms with Gasteiger partial charge < -0.3 is 9.88 Å². The normalized spacial score (nSPS) is 10.7. The summed E-state index contributed by atoms with van der Waals surface area (Å²) in [5, 5.41) is 0.929. The Balaban J connectivity index is 0.000000312. The van der Waals surface area contributed by atoms with Crippen LogP contribution < -0.4 is 0 Å². The Morgan fingerprint density at radius 3 is 2.37 bits per heavy atom. The van der Waals surface area contributed by atoms with Crippen LogP contribution in [0.4, 0.5) is 0 Å². The number of halogens is 1. The lowest BCUT2D eigenvalue weighted by Gasteiger charge is -1.93. The van der Waals surface area contributed by atoms with Crippen LogP contribution >= 0.6 is 11.6 Å². The molecule has 0 radical (unpaired) electrons. The first-order chi connectivity index (χ1) is 8.74. The number of nitrogens with zero attached hydrogens (tertiary/aromatic N) is 1. The minimum Gasteiger partial charge on any atom is -0.351 e. The molecule has 1 aromatic carbocycles. The summed E-state index contributed by atoms with van der Waals surface area (Å²) in [6.45, 7) is 0. The average Bonchev–Trinajstić information content (AvgIpc) is 2.72. The maximum Gasteiger partial charge on any atom is 0.310 e. The van der Waals surface area contributed by atoms with Gasteiger partial charge in [-0.2, -0.15) is 8.42 Å². The number of hydrogen-bond donors (Lipinski definition) is 2. The van der Waals surface area contributed by atoms with Gasteiger partial charge in [-0.05, 0) is 24.3 Å². The van der Waals surface area contributed by atoms with Crippen LogP contribution in [0.3, 0.4) is 0 Å². The van der Waals surface area contributed by atoms with Crippen LogP contribution in [0, 0.1) is 0 Å². The Hall–Kier alpha value is -1.57. The topological polar surface area (TPSA) is 90.5 Å². The van der Waals surface area contributed by atoms with Crippen molar-refractivity contribution in [2.75, 3.05) is 14.1 Å². The molecule has 6 nitrogen and oxygen atoms in total. The molecular weight excluding hydrogens is 292 g/mol. The fourth-order valence-electron chi connectivity index (χ4n) is 1.22. The van der Waals surface area contributed by atoms with E-state index in [1.807, 2.05) is 0 Å². The van der Waals surface area contributed by atoms with Gasteiger partial charge in [-0.1, -0.05) is 11.6 Å². The SMILES string of the molecule is CN(C)C=O.O=S(=O)(O)c1cc2cc(Cl)ccc2[nH]1. The van der Waals surface area contributed by atoms with E-state index in [9.17, 15) is 13.2 Å². The van der Waals surface area contributed by atoms with E-state index in [1.165, 1.54) is 11.0 Å². The van der Waals surface area contributed by atoms with Crippen LogP contribution in [-0.2, 0) is 14.9 Å². The van der Waals surface area contributed by atoms with Gasteiger partial charge in [0.15, 0.2) is 5.03 Å². The van der Waals surface area contributed by atoms with E-state index >= 15 is 0 Å². The number of benzene rings is 1. The number of fused-ring (bicyclic) bond motifs is 1. The molecule has 19 heavy (non-hydrogen) atoms. The van der Waals surface area contributed by atoms with E-state index in [4.69, 9.17) is 16.2 Å². The Bertz CT molecular complexity index is 679. The zero-order chi connectivity index (χ0) is 14.6. The van der Waals surface area contributed by atoms with Crippen LogP contribution in [0.2, 0.25) is 5.02 Å². The van der Waals surface area contributed by atoms with Crippen molar-refractivity contribution in [2.45, 2.75) is 5.03 Å². The third-order valence-electron chi connectivity index (χ3n) is 2.05. The van der Waals surface area contributed by atoms with Gasteiger partial charge in [0, 0.05) is 30.0 Å². The van der Waals surface area contributed by atoms with Crippen LogP contribution in [0.25, 0.3) is 10.9 Å². The number of H-pyrrole nitrogens is 1. The van der Waals surface area contributed by atoms with Gasteiger partial charge in [-0.3, -0.25) is 9.35 Å². The van der Waals surface area contributed by atoms with Crippen molar-refractivity contribution in [3.05, 3.63) is 29.3 Å². The fraction of sp³-hybridized carbons (Fsp3) is 0.182. The van der Waals surface area contributed by atoms with Gasteiger partial charge in [0.25, 0.3) is 0 Å². The predicted octanol–water partition coefficient (Wildman–Crippen LogP) is 1.77. The van der Waals surface area contributed by atoms with Gasteiger partial charge in [0.2, 0.25) is 6.41 Å². The highest BCUT2D eigenvalue weighted by molar-refractivity contribution is 7.85. The van der Waals surface area contributed by atoms with E-state index in [0.29, 0.717) is 15.9 Å². The van der Waals surface area contributed by atoms with E-state index in [1.54, 1.807) is 32.3 Å². The first-order valence-corrected chi connectivity index (χ1v) is 6.93. The quantitative estimate of drug-likeness (QED) is 0.653. The van der Waals surface area contributed by atoms with Crippen molar-refractivity contribution in [3.8, 4) is 0 Å². The first-order valence-electron chi connectivity index (χ1n) is 5.11. The highest BCUT2D eigenvalue weighted by atomic mass is 35.5. The minimum absolute atomic E-state index is 0.227. The van der Waals surface area contributed by atoms with Gasteiger partial charge in [-0.15, -0.1) is 0 Å². The van der Waals surface area contributed by atoms with E-state index in [2.05, 4.69) is 4.98 Å². The molecule has 1 heterocycles.